The number of hydrogen-bond donors (Lipinski definition) is 2. The molecule has 2 rings (SSSR count). The van der Waals surface area contributed by atoms with Crippen LogP contribution in [0.25, 0.3) is 5.69 Å². The fourth-order valence-corrected chi connectivity index (χ4v) is 1.76. The summed E-state index contributed by atoms with van der Waals surface area (Å²) in [4.78, 5) is 0. The molecule has 1 aromatic heterocycles. The van der Waals surface area contributed by atoms with E-state index in [1.807, 2.05) is 48.1 Å². The van der Waals surface area contributed by atoms with Crippen molar-refractivity contribution in [2.45, 2.75) is 13.0 Å². The van der Waals surface area contributed by atoms with Crippen molar-refractivity contribution in [3.63, 3.8) is 0 Å². The Kier molecular flexibility index (Phi) is 4.23. The Bertz CT molecular complexity index is 512. The normalized spacial score (nSPS) is 12.4. The number of aliphatic hydroxyl groups is 1. The summed E-state index contributed by atoms with van der Waals surface area (Å²) in [6, 6.07) is 9.77. The van der Waals surface area contributed by atoms with Crippen molar-refractivity contribution in [3.8, 4) is 5.69 Å². The molecule has 2 aromatic rings. The van der Waals surface area contributed by atoms with E-state index in [1.165, 1.54) is 0 Å². The van der Waals surface area contributed by atoms with Crippen LogP contribution in [0.3, 0.4) is 0 Å². The van der Waals surface area contributed by atoms with E-state index >= 15 is 0 Å². The molecule has 0 spiro atoms. The first-order chi connectivity index (χ1) is 8.70. The van der Waals surface area contributed by atoms with Gasteiger partial charge in [0.1, 0.15) is 0 Å². The van der Waals surface area contributed by atoms with E-state index in [0.29, 0.717) is 6.54 Å². The zero-order valence-electron chi connectivity index (χ0n) is 10.2. The van der Waals surface area contributed by atoms with Crippen molar-refractivity contribution in [2.24, 2.45) is 0 Å². The van der Waals surface area contributed by atoms with Gasteiger partial charge in [0.25, 0.3) is 0 Å². The summed E-state index contributed by atoms with van der Waals surface area (Å²) in [7, 11) is 0. The van der Waals surface area contributed by atoms with Crippen LogP contribution < -0.4 is 5.32 Å². The van der Waals surface area contributed by atoms with Crippen molar-refractivity contribution >= 4 is 17.3 Å². The minimum absolute atomic E-state index is 0.218. The molecule has 1 atom stereocenters. The van der Waals surface area contributed by atoms with Crippen molar-refractivity contribution in [1.29, 1.82) is 0 Å². The number of aromatic nitrogens is 2. The molecule has 96 valence electrons. The summed E-state index contributed by atoms with van der Waals surface area (Å²) >= 11 is 5.57. The van der Waals surface area contributed by atoms with Gasteiger partial charge < -0.3 is 10.4 Å². The number of anilines is 1. The van der Waals surface area contributed by atoms with Gasteiger partial charge in [-0.15, -0.1) is 11.6 Å². The van der Waals surface area contributed by atoms with Crippen LogP contribution in [0, 0.1) is 6.92 Å². The molecule has 1 heterocycles. The average molecular weight is 266 g/mol. The summed E-state index contributed by atoms with van der Waals surface area (Å²) in [5.41, 5.74) is 2.84. The van der Waals surface area contributed by atoms with Crippen molar-refractivity contribution in [3.05, 3.63) is 42.2 Å². The third-order valence-electron chi connectivity index (χ3n) is 2.58. The zero-order valence-corrected chi connectivity index (χ0v) is 10.9. The molecule has 0 fully saturated rings. The Labute approximate surface area is 111 Å². The lowest BCUT2D eigenvalue weighted by Crippen LogP contribution is -2.21. The first kappa shape index (κ1) is 12.9. The summed E-state index contributed by atoms with van der Waals surface area (Å²) in [5.74, 6) is 0.218. The number of halogens is 1. The van der Waals surface area contributed by atoms with Gasteiger partial charge >= 0.3 is 0 Å². The van der Waals surface area contributed by atoms with E-state index in [1.54, 1.807) is 0 Å². The second kappa shape index (κ2) is 5.89. The number of nitrogens with zero attached hydrogens (tertiary/aromatic N) is 2. The van der Waals surface area contributed by atoms with Gasteiger partial charge in [-0.25, -0.2) is 4.68 Å². The maximum Gasteiger partial charge on any atom is 0.0876 e. The Morgan fingerprint density at radius 1 is 1.39 bits per heavy atom. The molecule has 5 heteroatoms. The number of rotatable bonds is 5. The van der Waals surface area contributed by atoms with Gasteiger partial charge in [-0.2, -0.15) is 5.10 Å². The van der Waals surface area contributed by atoms with E-state index in [9.17, 15) is 5.11 Å². The van der Waals surface area contributed by atoms with Gasteiger partial charge in [-0.1, -0.05) is 12.1 Å². The fourth-order valence-electron chi connectivity index (χ4n) is 1.65. The van der Waals surface area contributed by atoms with E-state index < -0.39 is 6.10 Å². The van der Waals surface area contributed by atoms with E-state index in [-0.39, 0.29) is 5.88 Å². The van der Waals surface area contributed by atoms with Gasteiger partial charge in [0.2, 0.25) is 0 Å². The quantitative estimate of drug-likeness (QED) is 0.815. The van der Waals surface area contributed by atoms with Crippen LogP contribution in [0.5, 0.6) is 0 Å². The molecule has 2 N–H and O–H groups in total. The molecule has 0 aliphatic rings. The summed E-state index contributed by atoms with van der Waals surface area (Å²) in [5, 5.41) is 17.0. The molecule has 0 saturated carbocycles. The molecular formula is C13H16ClN3O. The number of aryl methyl sites for hydroxylation is 1. The topological polar surface area (TPSA) is 50.1 Å². The predicted molar refractivity (Wildman–Crippen MR) is 73.5 cm³/mol. The molecule has 18 heavy (non-hydrogen) atoms. The second-order valence-electron chi connectivity index (χ2n) is 4.11. The van der Waals surface area contributed by atoms with Gasteiger partial charge in [-0.05, 0) is 25.1 Å². The van der Waals surface area contributed by atoms with Crippen LogP contribution in [-0.4, -0.2) is 33.4 Å². The monoisotopic (exact) mass is 265 g/mol. The molecule has 0 aliphatic heterocycles. The number of nitrogens with one attached hydrogen (secondary N) is 1. The standard InChI is InChI=1S/C13H16ClN3O/c1-10-6-7-17(16-10)13-5-3-2-4-12(13)15-9-11(18)8-14/h2-7,11,15,18H,8-9H2,1H3. The van der Waals surface area contributed by atoms with Crippen molar-refractivity contribution in [1.82, 2.24) is 9.78 Å². The first-order valence-electron chi connectivity index (χ1n) is 5.80. The highest BCUT2D eigenvalue weighted by Gasteiger charge is 2.07. The maximum atomic E-state index is 9.47. The second-order valence-corrected chi connectivity index (χ2v) is 4.42. The van der Waals surface area contributed by atoms with Crippen LogP contribution in [0.4, 0.5) is 5.69 Å². The molecule has 1 unspecified atom stereocenters. The Morgan fingerprint density at radius 3 is 2.83 bits per heavy atom. The van der Waals surface area contributed by atoms with Gasteiger partial charge in [-0.3, -0.25) is 0 Å². The molecule has 0 radical (unpaired) electrons. The SMILES string of the molecule is Cc1ccn(-c2ccccc2NCC(O)CCl)n1. The molecule has 4 nitrogen and oxygen atoms in total. The summed E-state index contributed by atoms with van der Waals surface area (Å²) in [6.07, 6.45) is 1.35. The fraction of sp³-hybridized carbons (Fsp3) is 0.308. The van der Waals surface area contributed by atoms with E-state index in [0.717, 1.165) is 17.1 Å². The average Bonchev–Trinajstić information content (AvgIpc) is 2.83. The highest BCUT2D eigenvalue weighted by atomic mass is 35.5. The summed E-state index contributed by atoms with van der Waals surface area (Å²) in [6.45, 7) is 2.37. The van der Waals surface area contributed by atoms with Crippen LogP contribution >= 0.6 is 11.6 Å². The lowest BCUT2D eigenvalue weighted by molar-refractivity contribution is 0.211. The van der Waals surface area contributed by atoms with Gasteiger partial charge in [0.15, 0.2) is 0 Å². The number of hydrogen-bond acceptors (Lipinski definition) is 3. The number of alkyl halides is 1. The molecule has 0 bridgehead atoms. The predicted octanol–water partition coefficient (Wildman–Crippen LogP) is 2.19. The molecule has 0 amide bonds. The lowest BCUT2D eigenvalue weighted by Gasteiger charge is -2.13. The Balaban J connectivity index is 2.20. The van der Waals surface area contributed by atoms with Crippen LogP contribution in [-0.2, 0) is 0 Å². The minimum Gasteiger partial charge on any atom is -0.390 e. The largest absolute Gasteiger partial charge is 0.390 e. The lowest BCUT2D eigenvalue weighted by atomic mass is 10.2. The van der Waals surface area contributed by atoms with E-state index in [2.05, 4.69) is 10.4 Å². The minimum atomic E-state index is -0.556. The molecular weight excluding hydrogens is 250 g/mol. The van der Waals surface area contributed by atoms with Crippen molar-refractivity contribution in [2.75, 3.05) is 17.7 Å². The smallest absolute Gasteiger partial charge is 0.0876 e. The Morgan fingerprint density at radius 2 is 2.17 bits per heavy atom. The van der Waals surface area contributed by atoms with Gasteiger partial charge in [0, 0.05) is 12.7 Å². The third kappa shape index (κ3) is 3.03. The Hall–Kier alpha value is -1.52. The number of benzene rings is 1. The van der Waals surface area contributed by atoms with Crippen molar-refractivity contribution < 1.29 is 5.11 Å². The highest BCUT2D eigenvalue weighted by molar-refractivity contribution is 6.18. The van der Waals surface area contributed by atoms with E-state index in [4.69, 9.17) is 11.6 Å². The van der Waals surface area contributed by atoms with Crippen LogP contribution in [0.15, 0.2) is 36.5 Å². The van der Waals surface area contributed by atoms with Crippen LogP contribution in [0.1, 0.15) is 5.69 Å². The summed E-state index contributed by atoms with van der Waals surface area (Å²) < 4.78 is 1.81. The molecule has 0 aliphatic carbocycles. The number of para-hydroxylation sites is 2. The zero-order chi connectivity index (χ0) is 13.0. The molecule has 0 saturated heterocycles. The van der Waals surface area contributed by atoms with Gasteiger partial charge in [0.05, 0.1) is 29.1 Å². The highest BCUT2D eigenvalue weighted by Crippen LogP contribution is 2.19. The maximum absolute atomic E-state index is 9.47. The first-order valence-corrected chi connectivity index (χ1v) is 6.33. The number of aliphatic hydroxyl groups excluding tert-OH is 1. The van der Waals surface area contributed by atoms with Crippen LogP contribution in [0.2, 0.25) is 0 Å². The molecule has 1 aromatic carbocycles. The third-order valence-corrected chi connectivity index (χ3v) is 2.94.